The van der Waals surface area contributed by atoms with E-state index in [1.165, 1.54) is 6.20 Å². The standard InChI is InChI=1S/C26H28N6O4/c1-26(2,3)36-25(35)31-12-9-16(10-13-31)20-14-21(33)29-23-22-18(7-4-8-19(22)30-32(20)23)28-24(34)17-6-5-11-27-15-17/h4-8,11,14-16H,9-10,12-13H2,1-3H3,(H,28,34)(H,29,33). The van der Waals surface area contributed by atoms with Crippen LogP contribution in [0.3, 0.4) is 0 Å². The molecule has 0 spiro atoms. The SMILES string of the molecule is CC(C)(C)OC(=O)N1CCC(c2cc(=O)[nH]c3c4c(NC(=O)c5cccnc5)cccc4nn23)CC1. The summed E-state index contributed by atoms with van der Waals surface area (Å²) >= 11 is 0. The molecule has 1 saturated heterocycles. The number of nitrogens with zero attached hydrogens (tertiary/aromatic N) is 4. The van der Waals surface area contributed by atoms with E-state index in [1.807, 2.05) is 32.9 Å². The zero-order valence-corrected chi connectivity index (χ0v) is 20.4. The van der Waals surface area contributed by atoms with Crippen LogP contribution in [0.4, 0.5) is 10.5 Å². The second-order valence-corrected chi connectivity index (χ2v) is 9.96. The van der Waals surface area contributed by atoms with Crippen LogP contribution in [0.2, 0.25) is 0 Å². The first-order chi connectivity index (χ1) is 17.2. The second-order valence-electron chi connectivity index (χ2n) is 9.96. The zero-order valence-electron chi connectivity index (χ0n) is 20.4. The molecule has 1 aliphatic rings. The van der Waals surface area contributed by atoms with Crippen LogP contribution in [-0.2, 0) is 4.74 Å². The summed E-state index contributed by atoms with van der Waals surface area (Å²) in [4.78, 5) is 46.5. The summed E-state index contributed by atoms with van der Waals surface area (Å²) in [6.07, 6.45) is 4.13. The number of piperidine rings is 1. The molecule has 10 heteroatoms. The van der Waals surface area contributed by atoms with Crippen LogP contribution in [0.25, 0.3) is 16.6 Å². The van der Waals surface area contributed by atoms with Crippen LogP contribution in [0, 0.1) is 0 Å². The van der Waals surface area contributed by atoms with Gasteiger partial charge in [-0.3, -0.25) is 14.6 Å². The number of benzene rings is 1. The Bertz CT molecular complexity index is 1490. The first-order valence-electron chi connectivity index (χ1n) is 11.9. The van der Waals surface area contributed by atoms with Gasteiger partial charge in [-0.1, -0.05) is 6.07 Å². The van der Waals surface area contributed by atoms with Crippen molar-refractivity contribution in [2.24, 2.45) is 0 Å². The molecule has 1 aromatic carbocycles. The Balaban J connectivity index is 1.46. The van der Waals surface area contributed by atoms with Gasteiger partial charge in [-0.05, 0) is 57.9 Å². The number of aromatic nitrogens is 4. The number of hydrogen-bond donors (Lipinski definition) is 2. The number of pyridine rings is 1. The van der Waals surface area contributed by atoms with Crippen molar-refractivity contribution in [1.29, 1.82) is 0 Å². The number of ether oxygens (including phenoxy) is 1. The normalized spacial score (nSPS) is 14.8. The van der Waals surface area contributed by atoms with Gasteiger partial charge in [-0.25, -0.2) is 9.31 Å². The van der Waals surface area contributed by atoms with E-state index in [-0.39, 0.29) is 23.5 Å². The molecule has 1 aliphatic heterocycles. The van der Waals surface area contributed by atoms with Crippen molar-refractivity contribution in [3.05, 3.63) is 70.4 Å². The van der Waals surface area contributed by atoms with Crippen LogP contribution in [-0.4, -0.2) is 55.2 Å². The van der Waals surface area contributed by atoms with E-state index < -0.39 is 5.60 Å². The maximum atomic E-state index is 12.8. The third-order valence-electron chi connectivity index (χ3n) is 6.20. The van der Waals surface area contributed by atoms with Gasteiger partial charge >= 0.3 is 6.09 Å². The van der Waals surface area contributed by atoms with Gasteiger partial charge in [-0.2, -0.15) is 5.10 Å². The Kier molecular flexibility index (Phi) is 5.95. The van der Waals surface area contributed by atoms with Gasteiger partial charge in [0.2, 0.25) is 0 Å². The average Bonchev–Trinajstić information content (AvgIpc) is 3.22. The third kappa shape index (κ3) is 4.66. The van der Waals surface area contributed by atoms with Gasteiger partial charge in [0.05, 0.1) is 27.8 Å². The second kappa shape index (κ2) is 9.10. The molecule has 186 valence electrons. The molecule has 2 amide bonds. The number of aromatic amines is 1. The fourth-order valence-corrected chi connectivity index (χ4v) is 4.56. The van der Waals surface area contributed by atoms with E-state index in [4.69, 9.17) is 9.84 Å². The lowest BCUT2D eigenvalue weighted by Gasteiger charge is -2.33. The Morgan fingerprint density at radius 1 is 1.14 bits per heavy atom. The van der Waals surface area contributed by atoms with Crippen molar-refractivity contribution in [2.75, 3.05) is 18.4 Å². The predicted molar refractivity (Wildman–Crippen MR) is 135 cm³/mol. The highest BCUT2D eigenvalue weighted by Gasteiger charge is 2.29. The Hall–Kier alpha value is -4.21. The molecular weight excluding hydrogens is 460 g/mol. The highest BCUT2D eigenvalue weighted by molar-refractivity contribution is 6.11. The summed E-state index contributed by atoms with van der Waals surface area (Å²) in [7, 11) is 0. The summed E-state index contributed by atoms with van der Waals surface area (Å²) in [6, 6.07) is 10.4. The molecule has 0 aliphatic carbocycles. The number of fused-ring (bicyclic) bond motifs is 3. The van der Waals surface area contributed by atoms with Crippen molar-refractivity contribution < 1.29 is 14.3 Å². The number of anilines is 1. The number of carbonyl (C=O) groups excluding carboxylic acids is 2. The molecule has 0 radical (unpaired) electrons. The largest absolute Gasteiger partial charge is 0.444 e. The Morgan fingerprint density at radius 3 is 2.61 bits per heavy atom. The first-order valence-corrected chi connectivity index (χ1v) is 11.9. The molecule has 36 heavy (non-hydrogen) atoms. The third-order valence-corrected chi connectivity index (χ3v) is 6.20. The number of hydrogen-bond acceptors (Lipinski definition) is 6. The topological polar surface area (TPSA) is 122 Å². The summed E-state index contributed by atoms with van der Waals surface area (Å²) in [5.74, 6) is -0.265. The van der Waals surface area contributed by atoms with Crippen LogP contribution < -0.4 is 10.9 Å². The van der Waals surface area contributed by atoms with Crippen LogP contribution in [0.15, 0.2) is 53.6 Å². The molecule has 0 atom stereocenters. The Labute approximate surface area is 207 Å². The van der Waals surface area contributed by atoms with E-state index in [0.29, 0.717) is 53.7 Å². The molecule has 0 saturated carbocycles. The Morgan fingerprint density at radius 2 is 1.92 bits per heavy atom. The summed E-state index contributed by atoms with van der Waals surface area (Å²) in [5.41, 5.74) is 2.12. The fourth-order valence-electron chi connectivity index (χ4n) is 4.56. The molecule has 0 bridgehead atoms. The maximum Gasteiger partial charge on any atom is 0.410 e. The van der Waals surface area contributed by atoms with E-state index in [1.54, 1.807) is 39.9 Å². The van der Waals surface area contributed by atoms with Crippen molar-refractivity contribution in [1.82, 2.24) is 24.5 Å². The van der Waals surface area contributed by atoms with Crippen LogP contribution >= 0.6 is 0 Å². The molecule has 3 aromatic heterocycles. The molecule has 1 fully saturated rings. The minimum Gasteiger partial charge on any atom is -0.444 e. The smallest absolute Gasteiger partial charge is 0.410 e. The molecule has 4 aromatic rings. The molecule has 5 rings (SSSR count). The van der Waals surface area contributed by atoms with Crippen molar-refractivity contribution in [3.8, 4) is 0 Å². The zero-order chi connectivity index (χ0) is 25.4. The first kappa shape index (κ1) is 23.5. The van der Waals surface area contributed by atoms with Gasteiger partial charge in [0.15, 0.2) is 0 Å². The summed E-state index contributed by atoms with van der Waals surface area (Å²) < 4.78 is 7.25. The van der Waals surface area contributed by atoms with Gasteiger partial charge in [-0.15, -0.1) is 0 Å². The predicted octanol–water partition coefficient (Wildman–Crippen LogP) is 3.94. The van der Waals surface area contributed by atoms with Gasteiger partial charge < -0.3 is 19.9 Å². The maximum absolute atomic E-state index is 12.8. The molecular formula is C26H28N6O4. The highest BCUT2D eigenvalue weighted by atomic mass is 16.6. The number of amides is 2. The van der Waals surface area contributed by atoms with Crippen molar-refractivity contribution in [2.45, 2.75) is 45.1 Å². The van der Waals surface area contributed by atoms with Gasteiger partial charge in [0.1, 0.15) is 11.2 Å². The van der Waals surface area contributed by atoms with Gasteiger partial charge in [0, 0.05) is 37.5 Å². The van der Waals surface area contributed by atoms with E-state index in [0.717, 1.165) is 5.69 Å². The van der Waals surface area contributed by atoms with Crippen LogP contribution in [0.1, 0.15) is 55.6 Å². The number of carbonyl (C=O) groups is 2. The summed E-state index contributed by atoms with van der Waals surface area (Å²) in [5, 5.41) is 8.33. The van der Waals surface area contributed by atoms with E-state index in [9.17, 15) is 14.4 Å². The molecule has 0 unspecified atom stereocenters. The lowest BCUT2D eigenvalue weighted by molar-refractivity contribution is 0.0203. The molecule has 2 N–H and O–H groups in total. The highest BCUT2D eigenvalue weighted by Crippen LogP contribution is 2.32. The lowest BCUT2D eigenvalue weighted by Crippen LogP contribution is -2.41. The molecule has 10 nitrogen and oxygen atoms in total. The van der Waals surface area contributed by atoms with Crippen molar-refractivity contribution >= 4 is 34.2 Å². The number of rotatable bonds is 3. The quantitative estimate of drug-likeness (QED) is 0.451. The lowest BCUT2D eigenvalue weighted by atomic mass is 9.93. The number of H-pyrrole nitrogens is 1. The van der Waals surface area contributed by atoms with Gasteiger partial charge in [0.25, 0.3) is 11.5 Å². The fraction of sp³-hybridized carbons (Fsp3) is 0.346. The summed E-state index contributed by atoms with van der Waals surface area (Å²) in [6.45, 7) is 6.60. The van der Waals surface area contributed by atoms with E-state index >= 15 is 0 Å². The van der Waals surface area contributed by atoms with Crippen LogP contribution in [0.5, 0.6) is 0 Å². The average molecular weight is 489 g/mol. The number of nitrogens with one attached hydrogen (secondary N) is 2. The van der Waals surface area contributed by atoms with E-state index in [2.05, 4.69) is 15.3 Å². The van der Waals surface area contributed by atoms with Crippen molar-refractivity contribution in [3.63, 3.8) is 0 Å². The number of likely N-dealkylation sites (tertiary alicyclic amines) is 1. The minimum atomic E-state index is -0.549. The monoisotopic (exact) mass is 488 g/mol. The minimum absolute atomic E-state index is 0.0382. The molecule has 4 heterocycles.